The second kappa shape index (κ2) is 8.25. The van der Waals surface area contributed by atoms with E-state index in [0.717, 1.165) is 11.1 Å². The Morgan fingerprint density at radius 2 is 1.97 bits per heavy atom. The van der Waals surface area contributed by atoms with E-state index >= 15 is 0 Å². The standard InChI is InChI=1S/C21H22ClN3O6/c1-10(26)12-4-2-11(3-5-12)7-30-20-13(22)6-14-19(24-20)25-21(23-14)31-16-9-29-17-15(27)8-28-18(16)17/h2-6,10,15-18,26-27H,7-9H2,1H3,(H,23,24,25)/t10?,15-,16-,17-,18?/m1/s1. The normalized spacial score (nSPS) is 26.2. The number of fused-ring (bicyclic) bond motifs is 2. The van der Waals surface area contributed by atoms with Crippen molar-refractivity contribution in [3.63, 3.8) is 0 Å². The average molecular weight is 448 g/mol. The Bertz CT molecular complexity index is 1070. The van der Waals surface area contributed by atoms with Crippen molar-refractivity contribution in [3.05, 3.63) is 46.5 Å². The van der Waals surface area contributed by atoms with Gasteiger partial charge >= 0.3 is 0 Å². The minimum atomic E-state index is -0.641. The predicted octanol–water partition coefficient (Wildman–Crippen LogP) is 2.15. The van der Waals surface area contributed by atoms with E-state index in [9.17, 15) is 10.2 Å². The highest BCUT2D eigenvalue weighted by Crippen LogP contribution is 2.31. The number of hydrogen-bond acceptors (Lipinski definition) is 8. The molecule has 2 aliphatic heterocycles. The third-order valence-electron chi connectivity index (χ3n) is 5.46. The van der Waals surface area contributed by atoms with Gasteiger partial charge in [-0.2, -0.15) is 9.97 Å². The second-order valence-electron chi connectivity index (χ2n) is 7.71. The van der Waals surface area contributed by atoms with Crippen LogP contribution in [0.3, 0.4) is 0 Å². The highest BCUT2D eigenvalue weighted by Gasteiger charge is 2.48. The van der Waals surface area contributed by atoms with Crippen LogP contribution in [-0.2, 0) is 16.1 Å². The van der Waals surface area contributed by atoms with Crippen molar-refractivity contribution < 1.29 is 29.2 Å². The molecule has 2 fully saturated rings. The zero-order chi connectivity index (χ0) is 21.5. The molecule has 3 aromatic rings. The molecule has 0 saturated carbocycles. The highest BCUT2D eigenvalue weighted by atomic mass is 35.5. The van der Waals surface area contributed by atoms with Crippen LogP contribution in [-0.4, -0.2) is 62.8 Å². The number of imidazole rings is 1. The van der Waals surface area contributed by atoms with Crippen molar-refractivity contribution in [1.29, 1.82) is 0 Å². The molecule has 10 heteroatoms. The lowest BCUT2D eigenvalue weighted by atomic mass is 10.1. The fourth-order valence-electron chi connectivity index (χ4n) is 3.77. The van der Waals surface area contributed by atoms with Crippen molar-refractivity contribution in [2.24, 2.45) is 0 Å². The Labute approximate surface area is 182 Å². The van der Waals surface area contributed by atoms with Crippen molar-refractivity contribution in [2.75, 3.05) is 13.2 Å². The van der Waals surface area contributed by atoms with Gasteiger partial charge in [0.15, 0.2) is 11.8 Å². The SMILES string of the molecule is CC(O)c1ccc(COc2nc3nc(O[C@@H]4CO[C@H]5C4OC[C@H]5O)[nH]c3cc2Cl)cc1. The molecule has 164 valence electrons. The topological polar surface area (TPSA) is 119 Å². The van der Waals surface area contributed by atoms with E-state index in [1.807, 2.05) is 24.3 Å². The van der Waals surface area contributed by atoms with Crippen molar-refractivity contribution in [3.8, 4) is 11.9 Å². The van der Waals surface area contributed by atoms with Gasteiger partial charge in [-0.15, -0.1) is 0 Å². The van der Waals surface area contributed by atoms with Crippen molar-refractivity contribution in [1.82, 2.24) is 15.0 Å². The van der Waals surface area contributed by atoms with Gasteiger partial charge in [-0.3, -0.25) is 0 Å². The maximum Gasteiger partial charge on any atom is 0.296 e. The lowest BCUT2D eigenvalue weighted by Crippen LogP contribution is -2.34. The minimum Gasteiger partial charge on any atom is -0.472 e. The summed E-state index contributed by atoms with van der Waals surface area (Å²) in [5.74, 6) is 0.262. The van der Waals surface area contributed by atoms with Gasteiger partial charge in [-0.1, -0.05) is 35.9 Å². The molecule has 0 bridgehead atoms. The molecule has 0 spiro atoms. The first-order valence-corrected chi connectivity index (χ1v) is 10.4. The van der Waals surface area contributed by atoms with Gasteiger partial charge < -0.3 is 34.1 Å². The Hall–Kier alpha value is -2.43. The number of rotatable bonds is 6. The number of H-pyrrole nitrogens is 1. The summed E-state index contributed by atoms with van der Waals surface area (Å²) < 4.78 is 22.8. The van der Waals surface area contributed by atoms with E-state index in [4.69, 9.17) is 30.5 Å². The number of aromatic nitrogens is 3. The van der Waals surface area contributed by atoms with Gasteiger partial charge in [0, 0.05) is 0 Å². The first-order chi connectivity index (χ1) is 15.0. The Morgan fingerprint density at radius 3 is 2.74 bits per heavy atom. The second-order valence-corrected chi connectivity index (χ2v) is 8.12. The highest BCUT2D eigenvalue weighted by molar-refractivity contribution is 6.32. The fourth-order valence-corrected chi connectivity index (χ4v) is 3.97. The largest absolute Gasteiger partial charge is 0.472 e. The van der Waals surface area contributed by atoms with Gasteiger partial charge in [0.05, 0.1) is 24.8 Å². The molecular formula is C21H22ClN3O6. The molecule has 2 unspecified atom stereocenters. The predicted molar refractivity (Wildman–Crippen MR) is 110 cm³/mol. The van der Waals surface area contributed by atoms with Crippen LogP contribution in [0.1, 0.15) is 24.2 Å². The number of benzene rings is 1. The van der Waals surface area contributed by atoms with Gasteiger partial charge in [-0.25, -0.2) is 0 Å². The zero-order valence-electron chi connectivity index (χ0n) is 16.7. The summed E-state index contributed by atoms with van der Waals surface area (Å²) in [5.41, 5.74) is 2.77. The molecule has 9 nitrogen and oxygen atoms in total. The van der Waals surface area contributed by atoms with E-state index in [0.29, 0.717) is 22.8 Å². The number of nitrogens with zero attached hydrogens (tertiary/aromatic N) is 2. The minimum absolute atomic E-state index is 0.231. The van der Waals surface area contributed by atoms with Gasteiger partial charge in [0.2, 0.25) is 5.88 Å². The molecule has 5 atom stereocenters. The number of pyridine rings is 1. The third kappa shape index (κ3) is 4.07. The van der Waals surface area contributed by atoms with Gasteiger partial charge in [0.25, 0.3) is 6.01 Å². The third-order valence-corrected chi connectivity index (χ3v) is 5.73. The Balaban J connectivity index is 1.28. The molecule has 31 heavy (non-hydrogen) atoms. The van der Waals surface area contributed by atoms with Crippen LogP contribution in [0.25, 0.3) is 11.2 Å². The van der Waals surface area contributed by atoms with E-state index in [1.165, 1.54) is 0 Å². The molecule has 5 rings (SSSR count). The molecule has 3 N–H and O–H groups in total. The monoisotopic (exact) mass is 447 g/mol. The number of aliphatic hydroxyl groups is 2. The van der Waals surface area contributed by atoms with E-state index in [-0.39, 0.29) is 43.4 Å². The number of aliphatic hydroxyl groups excluding tert-OH is 2. The summed E-state index contributed by atoms with van der Waals surface area (Å²) >= 11 is 6.33. The average Bonchev–Trinajstić information content (AvgIpc) is 3.43. The summed E-state index contributed by atoms with van der Waals surface area (Å²) in [5, 5.41) is 19.8. The summed E-state index contributed by atoms with van der Waals surface area (Å²) in [6, 6.07) is 9.41. The number of halogens is 1. The van der Waals surface area contributed by atoms with Crippen molar-refractivity contribution >= 4 is 22.8 Å². The summed E-state index contributed by atoms with van der Waals surface area (Å²) in [6.45, 7) is 2.53. The summed E-state index contributed by atoms with van der Waals surface area (Å²) in [6.07, 6.45) is -2.25. The van der Waals surface area contributed by atoms with Crippen LogP contribution in [0.2, 0.25) is 5.02 Å². The maximum atomic E-state index is 9.85. The molecule has 2 saturated heterocycles. The first kappa shape index (κ1) is 20.5. The Morgan fingerprint density at radius 1 is 1.19 bits per heavy atom. The lowest BCUT2D eigenvalue weighted by Gasteiger charge is -2.15. The number of nitrogens with one attached hydrogen (secondary N) is 1. The zero-order valence-corrected chi connectivity index (χ0v) is 17.5. The van der Waals surface area contributed by atoms with Crippen LogP contribution < -0.4 is 9.47 Å². The van der Waals surface area contributed by atoms with Gasteiger partial charge in [-0.05, 0) is 24.1 Å². The number of ether oxygens (including phenoxy) is 4. The molecule has 0 aliphatic carbocycles. The molecule has 2 aliphatic rings. The first-order valence-electron chi connectivity index (χ1n) is 10.0. The summed E-state index contributed by atoms with van der Waals surface area (Å²) in [4.78, 5) is 11.8. The molecule has 2 aromatic heterocycles. The molecule has 0 amide bonds. The quantitative estimate of drug-likeness (QED) is 0.526. The van der Waals surface area contributed by atoms with Crippen LogP contribution in [0.5, 0.6) is 11.9 Å². The van der Waals surface area contributed by atoms with E-state index < -0.39 is 12.2 Å². The summed E-state index contributed by atoms with van der Waals surface area (Å²) in [7, 11) is 0. The Kier molecular flexibility index (Phi) is 5.45. The molecular weight excluding hydrogens is 426 g/mol. The number of aromatic amines is 1. The van der Waals surface area contributed by atoms with E-state index in [2.05, 4.69) is 15.0 Å². The van der Waals surface area contributed by atoms with E-state index in [1.54, 1.807) is 13.0 Å². The molecule has 1 aromatic carbocycles. The number of hydrogen-bond donors (Lipinski definition) is 3. The fraction of sp³-hybridized carbons (Fsp3) is 0.429. The van der Waals surface area contributed by atoms with Crippen LogP contribution in [0, 0.1) is 0 Å². The van der Waals surface area contributed by atoms with Crippen molar-refractivity contribution in [2.45, 2.75) is 44.1 Å². The lowest BCUT2D eigenvalue weighted by molar-refractivity contribution is 0.00706. The van der Waals surface area contributed by atoms with Gasteiger partial charge in [0.1, 0.15) is 29.9 Å². The molecule has 0 radical (unpaired) electrons. The van der Waals surface area contributed by atoms with Crippen LogP contribution in [0.4, 0.5) is 0 Å². The van der Waals surface area contributed by atoms with Crippen LogP contribution >= 0.6 is 11.6 Å². The maximum absolute atomic E-state index is 9.85. The molecule has 4 heterocycles. The smallest absolute Gasteiger partial charge is 0.296 e. The van der Waals surface area contributed by atoms with Crippen LogP contribution in [0.15, 0.2) is 30.3 Å².